The maximum atomic E-state index is 5.93. The molecule has 0 bridgehead atoms. The van der Waals surface area contributed by atoms with Gasteiger partial charge in [0.25, 0.3) is 0 Å². The van der Waals surface area contributed by atoms with Gasteiger partial charge in [-0.2, -0.15) is 0 Å². The molecule has 0 radical (unpaired) electrons. The number of benzene rings is 2. The van der Waals surface area contributed by atoms with Crippen LogP contribution in [-0.4, -0.2) is 33.5 Å². The molecule has 0 heterocycles. The molecule has 0 aliphatic carbocycles. The number of rotatable bonds is 10. The third-order valence-electron chi connectivity index (χ3n) is 3.68. The van der Waals surface area contributed by atoms with Gasteiger partial charge in [-0.15, -0.1) is 0 Å². The molecule has 0 amide bonds. The maximum Gasteiger partial charge on any atom is 0.147 e. The van der Waals surface area contributed by atoms with Gasteiger partial charge in [-0.05, 0) is 106 Å². The second-order valence-corrected chi connectivity index (χ2v) is 13.4. The van der Waals surface area contributed by atoms with E-state index in [4.69, 9.17) is 9.47 Å². The summed E-state index contributed by atoms with van der Waals surface area (Å²) in [6.07, 6.45) is 0.778. The fourth-order valence-corrected chi connectivity index (χ4v) is 6.04. The third kappa shape index (κ3) is 8.63. The van der Waals surface area contributed by atoms with E-state index in [9.17, 15) is 0 Å². The van der Waals surface area contributed by atoms with E-state index < -0.39 is 0 Å². The topological polar surface area (TPSA) is 18.5 Å². The summed E-state index contributed by atoms with van der Waals surface area (Å²) in [5.74, 6) is 1.61. The highest BCUT2D eigenvalue weighted by Crippen LogP contribution is 2.38. The second kappa shape index (κ2) is 13.6. The van der Waals surface area contributed by atoms with Gasteiger partial charge in [-0.3, -0.25) is 0 Å². The molecular formula is C19H16Br8O2. The van der Waals surface area contributed by atoms with E-state index in [1.54, 1.807) is 0 Å². The summed E-state index contributed by atoms with van der Waals surface area (Å²) >= 11 is 28.5. The molecule has 0 fully saturated rings. The smallest absolute Gasteiger partial charge is 0.147 e. The van der Waals surface area contributed by atoms with Crippen molar-refractivity contribution in [1.29, 1.82) is 0 Å². The zero-order valence-electron chi connectivity index (χ0n) is 14.8. The van der Waals surface area contributed by atoms with E-state index in [0.717, 1.165) is 46.5 Å². The third-order valence-corrected chi connectivity index (χ3v) is 10.5. The Balaban J connectivity index is 2.15. The molecule has 2 atom stereocenters. The summed E-state index contributed by atoms with van der Waals surface area (Å²) in [5, 5.41) is 1.66. The van der Waals surface area contributed by atoms with Gasteiger partial charge in [0.1, 0.15) is 24.7 Å². The minimum atomic E-state index is 0.255. The molecule has 0 saturated carbocycles. The molecular weight excluding hydrogens is 899 g/mol. The van der Waals surface area contributed by atoms with Crippen molar-refractivity contribution in [3.05, 3.63) is 53.3 Å². The van der Waals surface area contributed by atoms with Crippen LogP contribution in [0, 0.1) is 0 Å². The average molecular weight is 916 g/mol. The highest BCUT2D eigenvalue weighted by molar-refractivity contribution is 9.12. The van der Waals surface area contributed by atoms with Crippen LogP contribution >= 0.6 is 127 Å². The molecule has 0 spiro atoms. The summed E-state index contributed by atoms with van der Waals surface area (Å²) in [5.41, 5.74) is 2.33. The minimum Gasteiger partial charge on any atom is -0.490 e. The van der Waals surface area contributed by atoms with Crippen molar-refractivity contribution in [2.75, 3.05) is 23.9 Å². The lowest BCUT2D eigenvalue weighted by Crippen LogP contribution is -2.13. The first kappa shape index (κ1) is 27.1. The first-order valence-electron chi connectivity index (χ1n) is 8.36. The van der Waals surface area contributed by atoms with Crippen molar-refractivity contribution in [1.82, 2.24) is 0 Å². The minimum absolute atomic E-state index is 0.255. The molecule has 2 unspecified atom stereocenters. The predicted molar refractivity (Wildman–Crippen MR) is 150 cm³/mol. The van der Waals surface area contributed by atoms with Crippen LogP contribution in [0.1, 0.15) is 11.1 Å². The SMILES string of the molecule is BrCC(Br)COc1c(Br)cc(Cc2cc(Br)c(OCC(Br)CBr)c(Br)c2)cc1Br. The molecule has 2 nitrogen and oxygen atoms in total. The van der Waals surface area contributed by atoms with E-state index in [1.165, 1.54) is 11.1 Å². The number of alkyl halides is 4. The maximum absolute atomic E-state index is 5.93. The predicted octanol–water partition coefficient (Wildman–Crippen LogP) is 9.40. The lowest BCUT2D eigenvalue weighted by atomic mass is 10.0. The highest BCUT2D eigenvalue weighted by Gasteiger charge is 2.14. The molecule has 2 aromatic carbocycles. The van der Waals surface area contributed by atoms with Gasteiger partial charge < -0.3 is 9.47 Å². The van der Waals surface area contributed by atoms with Crippen LogP contribution in [0.4, 0.5) is 0 Å². The van der Waals surface area contributed by atoms with E-state index in [1.807, 2.05) is 0 Å². The molecule has 0 saturated heterocycles. The molecule has 0 N–H and O–H groups in total. The van der Waals surface area contributed by atoms with Crippen LogP contribution in [0.15, 0.2) is 42.2 Å². The van der Waals surface area contributed by atoms with Gasteiger partial charge in [-0.25, -0.2) is 0 Å². The molecule has 2 aromatic rings. The molecule has 160 valence electrons. The Morgan fingerprint density at radius 2 is 0.931 bits per heavy atom. The van der Waals surface area contributed by atoms with E-state index in [2.05, 4.69) is 152 Å². The lowest BCUT2D eigenvalue weighted by Gasteiger charge is -2.16. The monoisotopic (exact) mass is 907 g/mol. The van der Waals surface area contributed by atoms with E-state index >= 15 is 0 Å². The van der Waals surface area contributed by atoms with Crippen molar-refractivity contribution in [2.24, 2.45) is 0 Å². The molecule has 2 rings (SSSR count). The molecule has 29 heavy (non-hydrogen) atoms. The van der Waals surface area contributed by atoms with Gasteiger partial charge in [0.2, 0.25) is 0 Å². The zero-order valence-corrected chi connectivity index (χ0v) is 27.5. The first-order chi connectivity index (χ1) is 13.7. The fraction of sp³-hybridized carbons (Fsp3) is 0.368. The van der Waals surface area contributed by atoms with Crippen LogP contribution in [-0.2, 0) is 6.42 Å². The van der Waals surface area contributed by atoms with Gasteiger partial charge in [0.05, 0.1) is 27.5 Å². The summed E-state index contributed by atoms with van der Waals surface area (Å²) in [6.45, 7) is 1.15. The molecule has 0 aromatic heterocycles. The van der Waals surface area contributed by atoms with Gasteiger partial charge in [0, 0.05) is 10.7 Å². The van der Waals surface area contributed by atoms with Crippen molar-refractivity contribution >= 4 is 127 Å². The second-order valence-electron chi connectivity index (χ2n) is 6.08. The van der Waals surface area contributed by atoms with E-state index in [0.29, 0.717) is 13.2 Å². The first-order valence-corrected chi connectivity index (χ1v) is 15.6. The Morgan fingerprint density at radius 3 is 1.21 bits per heavy atom. The highest BCUT2D eigenvalue weighted by atomic mass is 79.9. The van der Waals surface area contributed by atoms with Crippen molar-refractivity contribution in [3.8, 4) is 11.5 Å². The van der Waals surface area contributed by atoms with Crippen LogP contribution in [0.5, 0.6) is 11.5 Å². The van der Waals surface area contributed by atoms with Crippen molar-refractivity contribution in [3.63, 3.8) is 0 Å². The van der Waals surface area contributed by atoms with Crippen molar-refractivity contribution in [2.45, 2.75) is 16.1 Å². The van der Waals surface area contributed by atoms with Gasteiger partial charge >= 0.3 is 0 Å². The molecule has 0 aliphatic heterocycles. The average Bonchev–Trinajstić information content (AvgIpc) is 2.66. The number of hydrogen-bond donors (Lipinski definition) is 0. The van der Waals surface area contributed by atoms with Crippen LogP contribution in [0.25, 0.3) is 0 Å². The number of ether oxygens (including phenoxy) is 2. The fourth-order valence-electron chi connectivity index (χ4n) is 2.38. The quantitative estimate of drug-likeness (QED) is 0.222. The Morgan fingerprint density at radius 1 is 0.621 bits per heavy atom. The number of halogens is 8. The normalized spacial score (nSPS) is 13.2. The summed E-state index contributed by atoms with van der Waals surface area (Å²) in [7, 11) is 0. The Bertz CT molecular complexity index is 716. The Hall–Kier alpha value is 1.88. The zero-order chi connectivity index (χ0) is 21.6. The van der Waals surface area contributed by atoms with Crippen LogP contribution in [0.2, 0.25) is 0 Å². The van der Waals surface area contributed by atoms with Crippen molar-refractivity contribution < 1.29 is 9.47 Å². The molecule has 0 aliphatic rings. The summed E-state index contributed by atoms with van der Waals surface area (Å²) in [4.78, 5) is 0.511. The summed E-state index contributed by atoms with van der Waals surface area (Å²) < 4.78 is 15.5. The summed E-state index contributed by atoms with van der Waals surface area (Å²) in [6, 6.07) is 8.37. The Kier molecular flexibility index (Phi) is 12.7. The lowest BCUT2D eigenvalue weighted by molar-refractivity contribution is 0.321. The largest absolute Gasteiger partial charge is 0.490 e. The van der Waals surface area contributed by atoms with Crippen LogP contribution < -0.4 is 9.47 Å². The Labute approximate surface area is 238 Å². The van der Waals surface area contributed by atoms with Gasteiger partial charge in [0.15, 0.2) is 0 Å². The standard InChI is InChI=1S/C19H16Br8O2/c20-6-12(22)8-28-18-14(24)2-10(3-15(18)25)1-11-4-16(26)19(17(27)5-11)29-9-13(23)7-21/h2-5,12-13H,1,6-9H2. The van der Waals surface area contributed by atoms with Gasteiger partial charge in [-0.1, -0.05) is 63.7 Å². The molecule has 10 heteroatoms. The van der Waals surface area contributed by atoms with E-state index in [-0.39, 0.29) is 9.65 Å². The van der Waals surface area contributed by atoms with Crippen LogP contribution in [0.3, 0.4) is 0 Å². The number of hydrogen-bond acceptors (Lipinski definition) is 2.